The topological polar surface area (TPSA) is 82.4 Å². The number of rotatable bonds is 12. The monoisotopic (exact) mass is 407 g/mol. The summed E-state index contributed by atoms with van der Waals surface area (Å²) in [5.74, 6) is -0.320. The van der Waals surface area contributed by atoms with Gasteiger partial charge in [0.15, 0.2) is 0 Å². The number of amides is 2. The summed E-state index contributed by atoms with van der Waals surface area (Å²) in [6, 6.07) is 21.3. The Kier molecular flexibility index (Phi) is 10.1. The van der Waals surface area contributed by atoms with E-state index >= 15 is 0 Å². The molecule has 6 nitrogen and oxygen atoms in total. The van der Waals surface area contributed by atoms with E-state index in [1.165, 1.54) is 0 Å². The SMILES string of the molecule is CC(OCCCNC(=O)CCC(=O)N(CCC#N)c1ccccc1)c1ccccc1. The molecular formula is C24H29N3O3. The van der Waals surface area contributed by atoms with Crippen LogP contribution < -0.4 is 10.2 Å². The number of anilines is 1. The summed E-state index contributed by atoms with van der Waals surface area (Å²) in [6.45, 7) is 3.37. The lowest BCUT2D eigenvalue weighted by Gasteiger charge is -2.21. The first-order valence-electron chi connectivity index (χ1n) is 10.3. The quantitative estimate of drug-likeness (QED) is 0.539. The fraction of sp³-hybridized carbons (Fsp3) is 0.375. The number of para-hydroxylation sites is 1. The van der Waals surface area contributed by atoms with Gasteiger partial charge in [-0.15, -0.1) is 0 Å². The molecule has 30 heavy (non-hydrogen) atoms. The van der Waals surface area contributed by atoms with Gasteiger partial charge in [0.1, 0.15) is 0 Å². The molecule has 2 rings (SSSR count). The molecule has 1 atom stereocenters. The second-order valence-corrected chi connectivity index (χ2v) is 6.92. The molecule has 0 aliphatic rings. The van der Waals surface area contributed by atoms with Gasteiger partial charge in [0, 0.05) is 38.2 Å². The number of carbonyl (C=O) groups is 2. The van der Waals surface area contributed by atoms with Crippen LogP contribution in [0.4, 0.5) is 5.69 Å². The van der Waals surface area contributed by atoms with Crippen LogP contribution in [0.25, 0.3) is 0 Å². The Bertz CT molecular complexity index is 819. The molecule has 0 spiro atoms. The third-order valence-corrected chi connectivity index (χ3v) is 4.66. The molecule has 2 amide bonds. The standard InChI is InChI=1S/C24H29N3O3/c1-20(21-10-4-2-5-11-21)30-19-9-17-26-23(28)14-15-24(29)27(18-8-16-25)22-12-6-3-7-13-22/h2-7,10-13,20H,8-9,14-15,17-19H2,1H3,(H,26,28). The van der Waals surface area contributed by atoms with Crippen molar-refractivity contribution in [3.63, 3.8) is 0 Å². The highest BCUT2D eigenvalue weighted by Gasteiger charge is 2.16. The largest absolute Gasteiger partial charge is 0.374 e. The zero-order valence-electron chi connectivity index (χ0n) is 17.4. The van der Waals surface area contributed by atoms with Crippen LogP contribution in [0.1, 0.15) is 44.3 Å². The maximum Gasteiger partial charge on any atom is 0.227 e. The molecule has 0 aromatic heterocycles. The number of hydrogen-bond acceptors (Lipinski definition) is 4. The van der Waals surface area contributed by atoms with Crippen molar-refractivity contribution in [3.8, 4) is 6.07 Å². The number of ether oxygens (including phenoxy) is 1. The minimum Gasteiger partial charge on any atom is -0.374 e. The normalized spacial score (nSPS) is 11.3. The molecule has 1 N–H and O–H groups in total. The number of nitrogens with zero attached hydrogens (tertiary/aromatic N) is 2. The van der Waals surface area contributed by atoms with E-state index in [2.05, 4.69) is 11.4 Å². The van der Waals surface area contributed by atoms with Crippen LogP contribution in [0.2, 0.25) is 0 Å². The van der Waals surface area contributed by atoms with Gasteiger partial charge in [-0.05, 0) is 31.0 Å². The van der Waals surface area contributed by atoms with Crippen LogP contribution in [0.3, 0.4) is 0 Å². The summed E-state index contributed by atoms with van der Waals surface area (Å²) < 4.78 is 5.79. The van der Waals surface area contributed by atoms with Gasteiger partial charge in [-0.1, -0.05) is 48.5 Å². The van der Waals surface area contributed by atoms with Crippen molar-refractivity contribution in [2.24, 2.45) is 0 Å². The van der Waals surface area contributed by atoms with E-state index in [1.54, 1.807) is 4.90 Å². The Hall–Kier alpha value is -3.17. The minimum absolute atomic E-state index is 0.0110. The molecule has 2 aromatic carbocycles. The Morgan fingerprint density at radius 1 is 1.07 bits per heavy atom. The van der Waals surface area contributed by atoms with Gasteiger partial charge in [0.25, 0.3) is 0 Å². The summed E-state index contributed by atoms with van der Waals surface area (Å²) in [5.41, 5.74) is 1.86. The molecule has 0 aliphatic carbocycles. The molecule has 6 heteroatoms. The molecular weight excluding hydrogens is 378 g/mol. The van der Waals surface area contributed by atoms with E-state index in [4.69, 9.17) is 10.00 Å². The maximum atomic E-state index is 12.6. The molecule has 0 fully saturated rings. The highest BCUT2D eigenvalue weighted by molar-refractivity contribution is 5.95. The second-order valence-electron chi connectivity index (χ2n) is 6.92. The van der Waals surface area contributed by atoms with E-state index in [0.717, 1.165) is 11.3 Å². The Balaban J connectivity index is 1.66. The lowest BCUT2D eigenvalue weighted by molar-refractivity contribution is -0.125. The predicted octanol–water partition coefficient (Wildman–Crippen LogP) is 4.00. The smallest absolute Gasteiger partial charge is 0.227 e. The third kappa shape index (κ3) is 8.06. The lowest BCUT2D eigenvalue weighted by Crippen LogP contribution is -2.33. The summed E-state index contributed by atoms with van der Waals surface area (Å²) in [5, 5.41) is 11.7. The number of nitriles is 1. The van der Waals surface area contributed by atoms with E-state index in [-0.39, 0.29) is 37.2 Å². The van der Waals surface area contributed by atoms with Gasteiger partial charge < -0.3 is 15.0 Å². The van der Waals surface area contributed by atoms with Crippen molar-refractivity contribution in [3.05, 3.63) is 66.2 Å². The van der Waals surface area contributed by atoms with Crippen molar-refractivity contribution in [2.75, 3.05) is 24.6 Å². The molecule has 0 heterocycles. The van der Waals surface area contributed by atoms with Crippen LogP contribution >= 0.6 is 0 Å². The van der Waals surface area contributed by atoms with E-state index in [1.807, 2.05) is 67.6 Å². The predicted molar refractivity (Wildman–Crippen MR) is 117 cm³/mol. The lowest BCUT2D eigenvalue weighted by atomic mass is 10.1. The van der Waals surface area contributed by atoms with Gasteiger partial charge in [0.05, 0.1) is 18.6 Å². The van der Waals surface area contributed by atoms with E-state index < -0.39 is 0 Å². The van der Waals surface area contributed by atoms with Crippen LogP contribution in [0, 0.1) is 11.3 Å². The molecule has 0 aliphatic heterocycles. The Morgan fingerprint density at radius 3 is 2.40 bits per heavy atom. The third-order valence-electron chi connectivity index (χ3n) is 4.66. The summed E-state index contributed by atoms with van der Waals surface area (Å²) in [6.07, 6.45) is 1.18. The Labute approximate surface area is 178 Å². The van der Waals surface area contributed by atoms with Crippen molar-refractivity contribution in [1.29, 1.82) is 5.26 Å². The fourth-order valence-corrected chi connectivity index (χ4v) is 2.99. The molecule has 158 valence electrons. The average molecular weight is 408 g/mol. The van der Waals surface area contributed by atoms with E-state index in [0.29, 0.717) is 26.1 Å². The first-order chi connectivity index (χ1) is 14.6. The average Bonchev–Trinajstić information content (AvgIpc) is 2.79. The summed E-state index contributed by atoms with van der Waals surface area (Å²) in [4.78, 5) is 26.2. The fourth-order valence-electron chi connectivity index (χ4n) is 2.99. The zero-order chi connectivity index (χ0) is 21.6. The molecule has 1 unspecified atom stereocenters. The van der Waals surface area contributed by atoms with Crippen LogP contribution in [0.15, 0.2) is 60.7 Å². The van der Waals surface area contributed by atoms with Crippen LogP contribution in [-0.4, -0.2) is 31.5 Å². The van der Waals surface area contributed by atoms with Crippen molar-refractivity contribution < 1.29 is 14.3 Å². The molecule has 2 aromatic rings. The highest BCUT2D eigenvalue weighted by atomic mass is 16.5. The molecule has 0 radical (unpaired) electrons. The van der Waals surface area contributed by atoms with Gasteiger partial charge in [-0.25, -0.2) is 0 Å². The summed E-state index contributed by atoms with van der Waals surface area (Å²) in [7, 11) is 0. The zero-order valence-corrected chi connectivity index (χ0v) is 17.4. The van der Waals surface area contributed by atoms with Gasteiger partial charge in [-0.3, -0.25) is 9.59 Å². The number of hydrogen-bond donors (Lipinski definition) is 1. The van der Waals surface area contributed by atoms with Crippen LogP contribution in [-0.2, 0) is 14.3 Å². The number of nitrogens with one attached hydrogen (secondary N) is 1. The van der Waals surface area contributed by atoms with Gasteiger partial charge >= 0.3 is 0 Å². The minimum atomic E-state index is -0.161. The van der Waals surface area contributed by atoms with Gasteiger partial charge in [0.2, 0.25) is 11.8 Å². The molecule has 0 saturated carbocycles. The maximum absolute atomic E-state index is 12.6. The van der Waals surface area contributed by atoms with E-state index in [9.17, 15) is 9.59 Å². The number of benzene rings is 2. The Morgan fingerprint density at radius 2 is 1.73 bits per heavy atom. The molecule has 0 bridgehead atoms. The summed E-state index contributed by atoms with van der Waals surface area (Å²) >= 11 is 0. The van der Waals surface area contributed by atoms with Crippen LogP contribution in [0.5, 0.6) is 0 Å². The van der Waals surface area contributed by atoms with Crippen molar-refractivity contribution in [1.82, 2.24) is 5.32 Å². The van der Waals surface area contributed by atoms with Crippen molar-refractivity contribution >= 4 is 17.5 Å². The first kappa shape index (κ1) is 23.1. The highest BCUT2D eigenvalue weighted by Crippen LogP contribution is 2.16. The van der Waals surface area contributed by atoms with Crippen molar-refractivity contribution in [2.45, 2.75) is 38.7 Å². The number of carbonyl (C=O) groups excluding carboxylic acids is 2. The van der Waals surface area contributed by atoms with Gasteiger partial charge in [-0.2, -0.15) is 5.26 Å². The molecule has 0 saturated heterocycles. The second kappa shape index (κ2) is 13.1. The first-order valence-corrected chi connectivity index (χ1v) is 10.3.